The van der Waals surface area contributed by atoms with E-state index in [-0.39, 0.29) is 9.92 Å². The average molecular weight is 320 g/mol. The van der Waals surface area contributed by atoms with Crippen LogP contribution in [0.4, 0.5) is 0 Å². The summed E-state index contributed by atoms with van der Waals surface area (Å²) in [5.74, 6) is -1.21. The van der Waals surface area contributed by atoms with Gasteiger partial charge in [-0.25, -0.2) is 8.42 Å². The Balaban J connectivity index is 3.27. The summed E-state index contributed by atoms with van der Waals surface area (Å²) in [6.45, 7) is 3.30. The zero-order valence-corrected chi connectivity index (χ0v) is 13.2. The molecule has 0 spiro atoms. The van der Waals surface area contributed by atoms with E-state index in [1.807, 2.05) is 6.92 Å². The molecule has 0 aliphatic rings. The second-order valence-electron chi connectivity index (χ2n) is 4.55. The first-order valence-corrected chi connectivity index (χ1v) is 8.02. The first-order chi connectivity index (χ1) is 9.21. The molecule has 1 aromatic rings. The average Bonchev–Trinajstić information content (AvgIpc) is 2.39. The Hall–Kier alpha value is -1.11. The Kier molecular flexibility index (Phi) is 5.56. The van der Waals surface area contributed by atoms with Crippen molar-refractivity contribution >= 4 is 27.6 Å². The van der Waals surface area contributed by atoms with Gasteiger partial charge in [-0.15, -0.1) is 0 Å². The van der Waals surface area contributed by atoms with Crippen LogP contribution in [0.5, 0.6) is 0 Å². The molecule has 5 nitrogen and oxygen atoms in total. The maximum absolute atomic E-state index is 12.4. The van der Waals surface area contributed by atoms with Crippen LogP contribution >= 0.6 is 11.6 Å². The maximum atomic E-state index is 12.4. The second kappa shape index (κ2) is 6.56. The SMILES string of the molecule is CCCc1ccc(Cl)c(S(=O)(=O)N(C)C(C)C(=O)O)c1. The largest absolute Gasteiger partial charge is 0.480 e. The topological polar surface area (TPSA) is 74.7 Å². The molecule has 0 heterocycles. The molecule has 1 N–H and O–H groups in total. The van der Waals surface area contributed by atoms with E-state index in [2.05, 4.69) is 0 Å². The molecule has 112 valence electrons. The molecule has 1 unspecified atom stereocenters. The van der Waals surface area contributed by atoms with Crippen LogP contribution < -0.4 is 0 Å². The second-order valence-corrected chi connectivity index (χ2v) is 6.92. The number of likely N-dealkylation sites (N-methyl/N-ethyl adjacent to an activating group) is 1. The van der Waals surface area contributed by atoms with Crippen molar-refractivity contribution in [3.8, 4) is 0 Å². The molecule has 1 rings (SSSR count). The Morgan fingerprint density at radius 3 is 2.55 bits per heavy atom. The molecule has 0 bridgehead atoms. The minimum absolute atomic E-state index is 0.0549. The fraction of sp³-hybridized carbons (Fsp3) is 0.462. The number of rotatable bonds is 6. The number of aliphatic carboxylic acids is 1. The van der Waals surface area contributed by atoms with Gasteiger partial charge in [0, 0.05) is 7.05 Å². The molecule has 0 radical (unpaired) electrons. The lowest BCUT2D eigenvalue weighted by Gasteiger charge is -2.22. The minimum atomic E-state index is -3.93. The number of carboxylic acids is 1. The first-order valence-electron chi connectivity index (χ1n) is 6.21. The first kappa shape index (κ1) is 16.9. The highest BCUT2D eigenvalue weighted by molar-refractivity contribution is 7.89. The lowest BCUT2D eigenvalue weighted by atomic mass is 10.1. The van der Waals surface area contributed by atoms with E-state index in [4.69, 9.17) is 16.7 Å². The van der Waals surface area contributed by atoms with Crippen molar-refractivity contribution < 1.29 is 18.3 Å². The third-order valence-corrected chi connectivity index (χ3v) is 5.50. The Morgan fingerprint density at radius 2 is 2.05 bits per heavy atom. The van der Waals surface area contributed by atoms with Gasteiger partial charge in [-0.3, -0.25) is 4.79 Å². The van der Waals surface area contributed by atoms with Gasteiger partial charge < -0.3 is 5.11 Å². The van der Waals surface area contributed by atoms with Crippen LogP contribution in [0.2, 0.25) is 5.02 Å². The predicted molar refractivity (Wildman–Crippen MR) is 77.5 cm³/mol. The van der Waals surface area contributed by atoms with Crippen LogP contribution in [0.1, 0.15) is 25.8 Å². The summed E-state index contributed by atoms with van der Waals surface area (Å²) in [5.41, 5.74) is 0.854. The molecular weight excluding hydrogens is 302 g/mol. The van der Waals surface area contributed by atoms with Gasteiger partial charge in [-0.1, -0.05) is 31.0 Å². The lowest BCUT2D eigenvalue weighted by molar-refractivity contribution is -0.140. The van der Waals surface area contributed by atoms with Crippen molar-refractivity contribution in [3.63, 3.8) is 0 Å². The zero-order chi connectivity index (χ0) is 15.5. The number of sulfonamides is 1. The van der Waals surface area contributed by atoms with Crippen LogP contribution in [0.25, 0.3) is 0 Å². The van der Waals surface area contributed by atoms with Crippen LogP contribution in [-0.4, -0.2) is 36.9 Å². The molecular formula is C13H18ClNO4S. The molecule has 0 aliphatic heterocycles. The minimum Gasteiger partial charge on any atom is -0.480 e. The summed E-state index contributed by atoms with van der Waals surface area (Å²) in [6, 6.07) is 3.64. The highest BCUT2D eigenvalue weighted by Gasteiger charge is 2.31. The van der Waals surface area contributed by atoms with Gasteiger partial charge in [-0.2, -0.15) is 4.31 Å². The number of aryl methyl sites for hydroxylation is 1. The van der Waals surface area contributed by atoms with Crippen LogP contribution in [0.15, 0.2) is 23.1 Å². The van der Waals surface area contributed by atoms with Gasteiger partial charge in [0.25, 0.3) is 0 Å². The summed E-state index contributed by atoms with van der Waals surface area (Å²) in [6.07, 6.45) is 1.61. The molecule has 0 amide bonds. The van der Waals surface area contributed by atoms with E-state index >= 15 is 0 Å². The molecule has 0 fully saturated rings. The fourth-order valence-corrected chi connectivity index (χ4v) is 3.55. The predicted octanol–water partition coefficient (Wildman–Crippen LogP) is 2.39. The Morgan fingerprint density at radius 1 is 1.45 bits per heavy atom. The van der Waals surface area contributed by atoms with Gasteiger partial charge in [0.2, 0.25) is 10.0 Å². The quantitative estimate of drug-likeness (QED) is 0.873. The standard InChI is InChI=1S/C13H18ClNO4S/c1-4-5-10-6-7-11(14)12(8-10)20(18,19)15(3)9(2)13(16)17/h6-9H,4-5H2,1-3H3,(H,16,17). The third-order valence-electron chi connectivity index (χ3n) is 3.09. The van der Waals surface area contributed by atoms with Gasteiger partial charge in [0.05, 0.1) is 5.02 Å². The normalized spacial score (nSPS) is 13.4. The Bertz CT molecular complexity index is 600. The number of hydrogen-bond acceptors (Lipinski definition) is 3. The lowest BCUT2D eigenvalue weighted by Crippen LogP contribution is -2.40. The molecule has 0 aliphatic carbocycles. The molecule has 20 heavy (non-hydrogen) atoms. The van der Waals surface area contributed by atoms with E-state index in [9.17, 15) is 13.2 Å². The van der Waals surface area contributed by atoms with Crippen molar-refractivity contribution in [2.45, 2.75) is 37.6 Å². The molecule has 7 heteroatoms. The molecule has 0 aromatic heterocycles. The van der Waals surface area contributed by atoms with Crippen molar-refractivity contribution in [1.82, 2.24) is 4.31 Å². The number of carboxylic acid groups (broad SMARTS) is 1. The van der Waals surface area contributed by atoms with E-state index in [1.165, 1.54) is 26.1 Å². The van der Waals surface area contributed by atoms with Crippen molar-refractivity contribution in [3.05, 3.63) is 28.8 Å². The number of hydrogen-bond donors (Lipinski definition) is 1. The highest BCUT2D eigenvalue weighted by atomic mass is 35.5. The monoisotopic (exact) mass is 319 g/mol. The van der Waals surface area contributed by atoms with Gasteiger partial charge in [-0.05, 0) is 31.0 Å². The smallest absolute Gasteiger partial charge is 0.321 e. The molecule has 1 atom stereocenters. The summed E-state index contributed by atoms with van der Waals surface area (Å²) >= 11 is 5.96. The summed E-state index contributed by atoms with van der Waals surface area (Å²) in [7, 11) is -2.70. The summed E-state index contributed by atoms with van der Waals surface area (Å²) in [4.78, 5) is 10.9. The third kappa shape index (κ3) is 3.50. The van der Waals surface area contributed by atoms with Gasteiger partial charge >= 0.3 is 5.97 Å². The number of nitrogens with zero attached hydrogens (tertiary/aromatic N) is 1. The fourth-order valence-electron chi connectivity index (χ4n) is 1.71. The van der Waals surface area contributed by atoms with Gasteiger partial charge in [0.15, 0.2) is 0 Å². The van der Waals surface area contributed by atoms with Gasteiger partial charge in [0.1, 0.15) is 10.9 Å². The maximum Gasteiger partial charge on any atom is 0.321 e. The van der Waals surface area contributed by atoms with E-state index in [0.717, 1.165) is 22.7 Å². The van der Waals surface area contributed by atoms with Crippen LogP contribution in [0.3, 0.4) is 0 Å². The summed E-state index contributed by atoms with van der Waals surface area (Å²) < 4.78 is 25.7. The highest BCUT2D eigenvalue weighted by Crippen LogP contribution is 2.26. The van der Waals surface area contributed by atoms with Crippen molar-refractivity contribution in [2.75, 3.05) is 7.05 Å². The summed E-state index contributed by atoms with van der Waals surface area (Å²) in [5, 5.41) is 9.02. The number of carbonyl (C=O) groups is 1. The van der Waals surface area contributed by atoms with E-state index in [1.54, 1.807) is 6.07 Å². The van der Waals surface area contributed by atoms with Crippen molar-refractivity contribution in [1.29, 1.82) is 0 Å². The number of benzene rings is 1. The number of halogens is 1. The van der Waals surface area contributed by atoms with E-state index < -0.39 is 22.0 Å². The Labute approximate surface area is 124 Å². The molecule has 1 aromatic carbocycles. The van der Waals surface area contributed by atoms with Crippen LogP contribution in [-0.2, 0) is 21.2 Å². The van der Waals surface area contributed by atoms with E-state index in [0.29, 0.717) is 0 Å². The van der Waals surface area contributed by atoms with Crippen LogP contribution in [0, 0.1) is 0 Å². The molecule has 0 saturated heterocycles. The zero-order valence-electron chi connectivity index (χ0n) is 11.6. The van der Waals surface area contributed by atoms with Crippen molar-refractivity contribution in [2.24, 2.45) is 0 Å². The molecule has 0 saturated carbocycles.